The quantitative estimate of drug-likeness (QED) is 0.0604. The van der Waals surface area contributed by atoms with Gasteiger partial charge in [-0.25, -0.2) is 0 Å². The number of aliphatic hydroxyl groups is 11. The van der Waals surface area contributed by atoms with Crippen molar-refractivity contribution in [2.24, 2.45) is 28.1 Å². The number of rotatable bonds is 9. The fourth-order valence-electron chi connectivity index (χ4n) is 12.0. The molecule has 3 aliphatic heterocycles. The summed E-state index contributed by atoms with van der Waals surface area (Å²) in [5.41, 5.74) is -1.80. The highest BCUT2D eigenvalue weighted by Gasteiger charge is 2.69. The van der Waals surface area contributed by atoms with Gasteiger partial charge in [-0.3, -0.25) is 4.79 Å². The first-order chi connectivity index (χ1) is 26.4. The third-order valence-corrected chi connectivity index (χ3v) is 15.0. The molecule has 7 fully saturated rings. The lowest BCUT2D eigenvalue weighted by molar-refractivity contribution is -0.378. The smallest absolute Gasteiger partial charge is 0.314 e. The van der Waals surface area contributed by atoms with Crippen LogP contribution in [0.1, 0.15) is 71.6 Å². The van der Waals surface area contributed by atoms with Crippen LogP contribution in [0.3, 0.4) is 0 Å². The van der Waals surface area contributed by atoms with E-state index in [1.807, 2.05) is 6.92 Å². The first-order valence-electron chi connectivity index (χ1n) is 19.9. The summed E-state index contributed by atoms with van der Waals surface area (Å²) in [7, 11) is 0. The number of hydrogen-bond acceptors (Lipinski definition) is 18. The van der Waals surface area contributed by atoms with Gasteiger partial charge in [0.05, 0.1) is 30.8 Å². The van der Waals surface area contributed by atoms with Crippen LogP contribution in [-0.2, 0) is 33.2 Å². The molecular weight excluding hydrogens is 760 g/mol. The van der Waals surface area contributed by atoms with E-state index in [1.54, 1.807) is 0 Å². The lowest BCUT2D eigenvalue weighted by atomic mass is 9.41. The van der Waals surface area contributed by atoms with Gasteiger partial charge in [0.1, 0.15) is 73.2 Å². The molecule has 1 spiro atoms. The van der Waals surface area contributed by atoms with Crippen molar-refractivity contribution in [2.45, 2.75) is 169 Å². The third-order valence-electron chi connectivity index (χ3n) is 15.0. The second kappa shape index (κ2) is 16.4. The van der Waals surface area contributed by atoms with Crippen molar-refractivity contribution in [2.75, 3.05) is 19.8 Å². The molecule has 0 aromatic rings. The first-order valence-corrected chi connectivity index (χ1v) is 19.9. The summed E-state index contributed by atoms with van der Waals surface area (Å²) in [6.45, 7) is 6.52. The molecule has 0 radical (unpaired) electrons. The van der Waals surface area contributed by atoms with E-state index >= 15 is 0 Å². The molecule has 328 valence electrons. The van der Waals surface area contributed by atoms with Crippen LogP contribution in [0.15, 0.2) is 12.2 Å². The fourth-order valence-corrected chi connectivity index (χ4v) is 12.0. The van der Waals surface area contributed by atoms with Gasteiger partial charge in [0.25, 0.3) is 0 Å². The summed E-state index contributed by atoms with van der Waals surface area (Å²) in [6, 6.07) is 0. The van der Waals surface area contributed by atoms with Gasteiger partial charge in [-0.2, -0.15) is 0 Å². The van der Waals surface area contributed by atoms with E-state index in [-0.39, 0.29) is 28.1 Å². The van der Waals surface area contributed by atoms with Gasteiger partial charge in [0.15, 0.2) is 12.6 Å². The molecule has 4 saturated carbocycles. The second-order valence-corrected chi connectivity index (χ2v) is 18.0. The number of ether oxygens (including phenoxy) is 6. The zero-order chi connectivity index (χ0) is 40.7. The van der Waals surface area contributed by atoms with Crippen LogP contribution in [-0.4, -0.2) is 185 Å². The molecule has 0 unspecified atom stereocenters. The molecule has 0 aromatic carbocycles. The lowest BCUT2D eigenvalue weighted by Crippen LogP contribution is -2.65. The average molecular weight is 823 g/mol. The second-order valence-electron chi connectivity index (χ2n) is 18.0. The summed E-state index contributed by atoms with van der Waals surface area (Å²) < 4.78 is 35.6. The van der Waals surface area contributed by atoms with E-state index in [0.29, 0.717) is 44.9 Å². The minimum atomic E-state index is -1.81. The molecular formula is C38H62O19. The Hall–Kier alpha value is -1.47. The highest BCUT2D eigenvalue weighted by Crippen LogP contribution is 2.73. The standard InChI is InChI=1S/C38H60O18.H2O/c1-16-11-37-9-5-20-35(2,7-4-8-36(20,3)34(50)55-32-29(49)26(46)23(43)18(13-40)52-32)21(37)6-10-38(16,15-37)56-33-30(27(47)24(44)19(14-41)53-33)54-31-28(48)25(45)22(42)17(12-39)51-31;/h17-33,39-49H,1,4-15H2,2-3H3;1H2/t17-,18-,19-,20+,21+,22-,23-,24-,25+,26+,27+,28-,29-,30-,31+,32+,33+,35-,36-,37-,38+;/m1./s1. The summed E-state index contributed by atoms with van der Waals surface area (Å²) in [5, 5.41) is 114. The Morgan fingerprint density at radius 2 is 1.21 bits per heavy atom. The zero-order valence-corrected chi connectivity index (χ0v) is 32.3. The van der Waals surface area contributed by atoms with Crippen molar-refractivity contribution in [1.29, 1.82) is 0 Å². The SMILES string of the molecule is C=C1C[C@@]23CC[C@H]4[C@@](C)(CCC[C@@]4(C)C(=O)O[C@@H]4O[C@H](CO)[C@@H](O)[C@H](O)[C@H]4O)[C@@H]2CC[C@]1(O[C@@H]1O[C@H](CO)[C@@H](O)[C@H](O)[C@H]1O[C@@H]1O[C@H](CO)[C@@H](O)[C@H](O)[C@H]1O)C3.O. The van der Waals surface area contributed by atoms with Crippen LogP contribution in [0.4, 0.5) is 0 Å². The van der Waals surface area contributed by atoms with Crippen LogP contribution in [0.25, 0.3) is 0 Å². The Morgan fingerprint density at radius 1 is 0.684 bits per heavy atom. The molecule has 19 heteroatoms. The first kappa shape index (κ1) is 45.1. The molecule has 7 rings (SSSR count). The van der Waals surface area contributed by atoms with E-state index in [1.165, 1.54) is 0 Å². The summed E-state index contributed by atoms with van der Waals surface area (Å²) in [4.78, 5) is 14.1. The van der Waals surface area contributed by atoms with Gasteiger partial charge in [0.2, 0.25) is 6.29 Å². The lowest BCUT2D eigenvalue weighted by Gasteiger charge is -2.64. The predicted molar refractivity (Wildman–Crippen MR) is 190 cm³/mol. The van der Waals surface area contributed by atoms with E-state index in [2.05, 4.69) is 13.5 Å². The molecule has 7 aliphatic rings. The molecule has 19 nitrogen and oxygen atoms in total. The number of fused-ring (bicyclic) bond motifs is 3. The number of carbonyl (C=O) groups is 1. The van der Waals surface area contributed by atoms with E-state index < -0.39 is 129 Å². The van der Waals surface area contributed by atoms with Crippen LogP contribution < -0.4 is 0 Å². The van der Waals surface area contributed by atoms with Crippen molar-refractivity contribution in [3.8, 4) is 0 Å². The maximum absolute atomic E-state index is 14.1. The van der Waals surface area contributed by atoms with Gasteiger partial charge < -0.3 is 90.1 Å². The fraction of sp³-hybridized carbons (Fsp3) is 0.921. The van der Waals surface area contributed by atoms with Crippen molar-refractivity contribution in [1.82, 2.24) is 0 Å². The zero-order valence-electron chi connectivity index (χ0n) is 32.3. The normalized spacial score (nSPS) is 53.6. The van der Waals surface area contributed by atoms with Gasteiger partial charge in [-0.15, -0.1) is 0 Å². The molecule has 3 saturated heterocycles. The Labute approximate surface area is 330 Å². The molecule has 4 aliphatic carbocycles. The number of esters is 1. The number of carbonyl (C=O) groups excluding carboxylic acids is 1. The number of aliphatic hydroxyl groups excluding tert-OH is 11. The maximum Gasteiger partial charge on any atom is 0.314 e. The Kier molecular flexibility index (Phi) is 13.0. The Bertz CT molecular complexity index is 1450. The van der Waals surface area contributed by atoms with E-state index in [9.17, 15) is 61.0 Å². The van der Waals surface area contributed by atoms with E-state index in [4.69, 9.17) is 28.4 Å². The van der Waals surface area contributed by atoms with Crippen LogP contribution in [0.5, 0.6) is 0 Å². The van der Waals surface area contributed by atoms with Gasteiger partial charge in [0, 0.05) is 0 Å². The average Bonchev–Trinajstić information content (AvgIpc) is 3.37. The molecule has 0 amide bonds. The van der Waals surface area contributed by atoms with Gasteiger partial charge in [-0.1, -0.05) is 19.9 Å². The third kappa shape index (κ3) is 7.20. The Balaban J connectivity index is 0.00000549. The molecule has 57 heavy (non-hydrogen) atoms. The predicted octanol–water partition coefficient (Wildman–Crippen LogP) is -3.76. The largest absolute Gasteiger partial charge is 0.432 e. The molecule has 2 bridgehead atoms. The summed E-state index contributed by atoms with van der Waals surface area (Å²) in [5.74, 6) is -0.591. The molecule has 0 aromatic heterocycles. The van der Waals surface area contributed by atoms with Gasteiger partial charge in [-0.05, 0) is 86.5 Å². The molecule has 21 atom stereocenters. The summed E-state index contributed by atoms with van der Waals surface area (Å²) >= 11 is 0. The molecule has 13 N–H and O–H groups in total. The topological polar surface area (TPSA) is 326 Å². The minimum Gasteiger partial charge on any atom is -0.432 e. The van der Waals surface area contributed by atoms with Crippen LogP contribution in [0, 0.1) is 28.1 Å². The van der Waals surface area contributed by atoms with Crippen molar-refractivity contribution in [3.63, 3.8) is 0 Å². The van der Waals surface area contributed by atoms with Crippen molar-refractivity contribution < 1.29 is 94.9 Å². The van der Waals surface area contributed by atoms with Crippen molar-refractivity contribution in [3.05, 3.63) is 12.2 Å². The van der Waals surface area contributed by atoms with Crippen LogP contribution >= 0.6 is 0 Å². The maximum atomic E-state index is 14.1. The van der Waals surface area contributed by atoms with Crippen molar-refractivity contribution >= 4 is 5.97 Å². The summed E-state index contributed by atoms with van der Waals surface area (Å²) in [6.07, 6.45) is -17.8. The monoisotopic (exact) mass is 822 g/mol. The highest BCUT2D eigenvalue weighted by molar-refractivity contribution is 5.77. The highest BCUT2D eigenvalue weighted by atomic mass is 16.8. The minimum absolute atomic E-state index is 0. The van der Waals surface area contributed by atoms with Gasteiger partial charge >= 0.3 is 5.97 Å². The van der Waals surface area contributed by atoms with E-state index in [0.717, 1.165) is 18.4 Å². The molecule has 3 heterocycles. The Morgan fingerprint density at radius 3 is 1.81 bits per heavy atom. The van der Waals surface area contributed by atoms with Crippen LogP contribution in [0.2, 0.25) is 0 Å². The number of hydrogen-bond donors (Lipinski definition) is 11.